The number of nitrogens with zero attached hydrogens (tertiary/aromatic N) is 1. The van der Waals surface area contributed by atoms with Crippen molar-refractivity contribution in [1.29, 1.82) is 0 Å². The number of carboxylic acids is 1. The van der Waals surface area contributed by atoms with Gasteiger partial charge in [-0.3, -0.25) is 9.69 Å². The van der Waals surface area contributed by atoms with Gasteiger partial charge in [0.1, 0.15) is 37.1 Å². The fourth-order valence-electron chi connectivity index (χ4n) is 7.90. The summed E-state index contributed by atoms with van der Waals surface area (Å²) in [6.07, 6.45) is 7.12. The zero-order chi connectivity index (χ0) is 36.6. The summed E-state index contributed by atoms with van der Waals surface area (Å²) in [5.41, 5.74) is 12.5. The average molecular weight is 717 g/mol. The van der Waals surface area contributed by atoms with E-state index >= 15 is 0 Å². The van der Waals surface area contributed by atoms with E-state index in [1.807, 2.05) is 24.3 Å². The maximum atomic E-state index is 12.4. The summed E-state index contributed by atoms with van der Waals surface area (Å²) in [6.45, 7) is 4.37. The first-order valence-corrected chi connectivity index (χ1v) is 19.5. The van der Waals surface area contributed by atoms with Crippen LogP contribution in [0.25, 0.3) is 22.3 Å². The highest BCUT2D eigenvalue weighted by molar-refractivity contribution is 6.08. The highest BCUT2D eigenvalue weighted by Crippen LogP contribution is 2.42. The molecule has 3 atom stereocenters. The van der Waals surface area contributed by atoms with Gasteiger partial charge in [-0.15, -0.1) is 0 Å². The van der Waals surface area contributed by atoms with Gasteiger partial charge in [0.15, 0.2) is 0 Å². The molecule has 0 amide bonds. The molecule has 3 N–H and O–H groups in total. The van der Waals surface area contributed by atoms with Crippen LogP contribution in [0.2, 0.25) is 6.32 Å². The summed E-state index contributed by atoms with van der Waals surface area (Å²) in [5.74, 6) is 0.844. The lowest BCUT2D eigenvalue weighted by Crippen LogP contribution is -2.61. The van der Waals surface area contributed by atoms with Crippen molar-refractivity contribution in [1.82, 2.24) is 4.90 Å². The molecule has 0 unspecified atom stereocenters. The first-order valence-electron chi connectivity index (χ1n) is 19.5. The largest absolute Gasteiger partial charge is 0.488 e. The monoisotopic (exact) mass is 716 g/mol. The van der Waals surface area contributed by atoms with E-state index in [1.54, 1.807) is 0 Å². The lowest BCUT2D eigenvalue weighted by atomic mass is 9.65. The van der Waals surface area contributed by atoms with Crippen LogP contribution in [0.4, 0.5) is 0 Å². The van der Waals surface area contributed by atoms with E-state index in [1.165, 1.54) is 11.1 Å². The third-order valence-electron chi connectivity index (χ3n) is 11.4. The first kappa shape index (κ1) is 37.2. The smallest absolute Gasteiger partial charge is 0.323 e. The molecule has 3 aliphatic rings. The highest BCUT2D eigenvalue weighted by atomic mass is 16.5. The number of benzene rings is 4. The standard InChI is InChI=1S/C44H53BN2O6/c45-22-2-1-21-44(46,43(48)49)37-25-38(26-37)47(27-31-3-7-33(8-4-31)35-11-15-39(16-12-35)52-41-19-23-50-29-41)28-32-5-9-34(10-6-32)36-13-17-40(18-14-36)53-42-20-24-51-30-42/h3-18,37-38,41-42H,1-2,19-30,45-46H2,(H,48,49)/t37?,38?,41-,42-,44-/m0/s1. The number of rotatable bonds is 17. The minimum Gasteiger partial charge on any atom is -0.488 e. The molecule has 8 nitrogen and oxygen atoms in total. The van der Waals surface area contributed by atoms with Crippen molar-refractivity contribution in [2.24, 2.45) is 11.7 Å². The zero-order valence-electron chi connectivity index (χ0n) is 31.0. The molecule has 2 saturated heterocycles. The summed E-state index contributed by atoms with van der Waals surface area (Å²) < 4.78 is 23.0. The minimum atomic E-state index is -1.17. The summed E-state index contributed by atoms with van der Waals surface area (Å²) in [7, 11) is 2.13. The Labute approximate surface area is 315 Å². The van der Waals surface area contributed by atoms with Crippen LogP contribution in [0, 0.1) is 5.92 Å². The van der Waals surface area contributed by atoms with E-state index in [-0.39, 0.29) is 24.2 Å². The van der Waals surface area contributed by atoms with Crippen molar-refractivity contribution in [3.63, 3.8) is 0 Å². The van der Waals surface area contributed by atoms with E-state index in [0.717, 1.165) is 105 Å². The van der Waals surface area contributed by atoms with Crippen molar-refractivity contribution in [2.75, 3.05) is 26.4 Å². The van der Waals surface area contributed by atoms with E-state index in [0.29, 0.717) is 19.6 Å². The molecule has 2 heterocycles. The Balaban J connectivity index is 1.03. The van der Waals surface area contributed by atoms with E-state index in [9.17, 15) is 9.90 Å². The molecule has 3 fully saturated rings. The van der Waals surface area contributed by atoms with Crippen molar-refractivity contribution < 1.29 is 28.8 Å². The normalized spacial score (nSPS) is 22.3. The molecule has 0 aromatic heterocycles. The number of aliphatic carboxylic acids is 1. The second kappa shape index (κ2) is 17.3. The molecule has 4 aromatic carbocycles. The molecule has 1 saturated carbocycles. The third-order valence-corrected chi connectivity index (χ3v) is 11.4. The Morgan fingerprint density at radius 3 is 1.53 bits per heavy atom. The SMILES string of the molecule is BCCCC[C@@](N)(C(=O)O)C1CC(N(Cc2ccc(-c3ccc(O[C@H]4CCOC4)cc3)cc2)Cc2ccc(-c3ccc(O[C@H]4CCOC4)cc3)cc2)C1. The molecule has 0 spiro atoms. The number of nitrogens with two attached hydrogens (primary N) is 1. The second-order valence-electron chi connectivity index (χ2n) is 15.2. The summed E-state index contributed by atoms with van der Waals surface area (Å²) >= 11 is 0. The van der Waals surface area contributed by atoms with E-state index < -0.39 is 11.5 Å². The van der Waals surface area contributed by atoms with Gasteiger partial charge in [-0.05, 0) is 82.8 Å². The van der Waals surface area contributed by atoms with Crippen LogP contribution in [0.15, 0.2) is 97.1 Å². The predicted molar refractivity (Wildman–Crippen MR) is 211 cm³/mol. The third kappa shape index (κ3) is 9.33. The van der Waals surface area contributed by atoms with Gasteiger partial charge in [0.25, 0.3) is 0 Å². The van der Waals surface area contributed by atoms with Crippen LogP contribution in [0.3, 0.4) is 0 Å². The van der Waals surface area contributed by atoms with Gasteiger partial charge in [0.2, 0.25) is 0 Å². The number of ether oxygens (including phenoxy) is 4. The number of hydrogen-bond acceptors (Lipinski definition) is 7. The van der Waals surface area contributed by atoms with Crippen LogP contribution < -0.4 is 15.2 Å². The van der Waals surface area contributed by atoms with Gasteiger partial charge in [0, 0.05) is 32.0 Å². The predicted octanol–water partition coefficient (Wildman–Crippen LogP) is 7.14. The Hall–Kier alpha value is -4.15. The molecule has 7 rings (SSSR count). The Morgan fingerprint density at radius 2 is 1.15 bits per heavy atom. The van der Waals surface area contributed by atoms with Crippen LogP contribution in [0.1, 0.15) is 56.1 Å². The van der Waals surface area contributed by atoms with Crippen molar-refractivity contribution in [2.45, 2.75) is 88.1 Å². The summed E-state index contributed by atoms with van der Waals surface area (Å²) in [4.78, 5) is 14.9. The maximum absolute atomic E-state index is 12.4. The van der Waals surface area contributed by atoms with Crippen molar-refractivity contribution in [3.8, 4) is 33.8 Å². The number of unbranched alkanes of at least 4 members (excludes halogenated alkanes) is 1. The van der Waals surface area contributed by atoms with Gasteiger partial charge in [0.05, 0.1) is 26.4 Å². The Morgan fingerprint density at radius 1 is 0.717 bits per heavy atom. The molecule has 2 aliphatic heterocycles. The minimum absolute atomic E-state index is 0.0320. The van der Waals surface area contributed by atoms with Gasteiger partial charge in [-0.25, -0.2) is 0 Å². The lowest BCUT2D eigenvalue weighted by molar-refractivity contribution is -0.149. The number of carbonyl (C=O) groups is 1. The highest BCUT2D eigenvalue weighted by Gasteiger charge is 2.49. The molecule has 278 valence electrons. The molecule has 4 aromatic rings. The van der Waals surface area contributed by atoms with Crippen LogP contribution in [0.5, 0.6) is 11.5 Å². The fraction of sp³-hybridized carbons (Fsp3) is 0.432. The number of carboxylic acid groups (broad SMARTS) is 1. The molecule has 53 heavy (non-hydrogen) atoms. The quantitative estimate of drug-likeness (QED) is 0.0879. The number of hydrogen-bond donors (Lipinski definition) is 2. The van der Waals surface area contributed by atoms with Gasteiger partial charge >= 0.3 is 5.97 Å². The van der Waals surface area contributed by atoms with Crippen molar-refractivity contribution >= 4 is 13.8 Å². The fourth-order valence-corrected chi connectivity index (χ4v) is 7.90. The molecular weight excluding hydrogens is 663 g/mol. The topological polar surface area (TPSA) is 103 Å². The summed E-state index contributed by atoms with van der Waals surface area (Å²) in [6, 6.07) is 34.4. The van der Waals surface area contributed by atoms with Crippen molar-refractivity contribution in [3.05, 3.63) is 108 Å². The molecule has 0 radical (unpaired) electrons. The lowest BCUT2D eigenvalue weighted by Gasteiger charge is -2.49. The van der Waals surface area contributed by atoms with Crippen LogP contribution in [-0.4, -0.2) is 74.0 Å². The molecular formula is C44H53BN2O6. The molecule has 0 bridgehead atoms. The Bertz CT molecular complexity index is 1640. The van der Waals surface area contributed by atoms with E-state index in [2.05, 4.69) is 85.5 Å². The first-order chi connectivity index (χ1) is 25.9. The molecule has 1 aliphatic carbocycles. The average Bonchev–Trinajstić information content (AvgIpc) is 3.87. The Kier molecular flexibility index (Phi) is 12.2. The van der Waals surface area contributed by atoms with E-state index in [4.69, 9.17) is 24.7 Å². The van der Waals surface area contributed by atoms with Gasteiger partial charge < -0.3 is 29.8 Å². The summed E-state index contributed by atoms with van der Waals surface area (Å²) in [5, 5.41) is 10.2. The molecule has 9 heteroatoms. The van der Waals surface area contributed by atoms with Crippen LogP contribution in [-0.2, 0) is 27.4 Å². The van der Waals surface area contributed by atoms with Crippen LogP contribution >= 0.6 is 0 Å². The second-order valence-corrected chi connectivity index (χ2v) is 15.2. The van der Waals surface area contributed by atoms with Gasteiger partial charge in [-0.1, -0.05) is 92.0 Å². The van der Waals surface area contributed by atoms with Gasteiger partial charge in [-0.2, -0.15) is 0 Å². The maximum Gasteiger partial charge on any atom is 0.323 e. The zero-order valence-corrected chi connectivity index (χ0v) is 31.0.